The van der Waals surface area contributed by atoms with E-state index in [0.717, 1.165) is 0 Å². The van der Waals surface area contributed by atoms with Crippen molar-refractivity contribution < 1.29 is 26.7 Å². The summed E-state index contributed by atoms with van der Waals surface area (Å²) >= 11 is 11.7. The smallest absolute Gasteiger partial charge is 0.303 e. The summed E-state index contributed by atoms with van der Waals surface area (Å²) in [5.41, 5.74) is 0. The van der Waals surface area contributed by atoms with Crippen LogP contribution in [0.4, 0.5) is 0 Å². The third-order valence-corrected chi connectivity index (χ3v) is 9.23. The molecule has 12 heteroatoms. The molecule has 0 aromatic heterocycles. The van der Waals surface area contributed by atoms with Gasteiger partial charge >= 0.3 is 5.97 Å². The molecule has 0 spiro atoms. The predicted octanol–water partition coefficient (Wildman–Crippen LogP) is 3.91. The third-order valence-electron chi connectivity index (χ3n) is 5.28. The first kappa shape index (κ1) is 26.7. The molecule has 2 atom stereocenters. The van der Waals surface area contributed by atoms with Gasteiger partial charge in [0.1, 0.15) is 0 Å². The first-order chi connectivity index (χ1) is 16.0. The lowest BCUT2D eigenvalue weighted by Gasteiger charge is -2.22. The zero-order valence-corrected chi connectivity index (χ0v) is 21.1. The number of carboxylic acid groups (broad SMARTS) is 1. The summed E-state index contributed by atoms with van der Waals surface area (Å²) in [7, 11) is -7.84. The molecular weight excluding hydrogens is 523 g/mol. The molecule has 0 amide bonds. The van der Waals surface area contributed by atoms with Crippen molar-refractivity contribution in [1.29, 1.82) is 0 Å². The number of unbranched alkanes of at least 4 members (excludes halogenated alkanes) is 1. The van der Waals surface area contributed by atoms with Crippen LogP contribution >= 0.6 is 23.2 Å². The zero-order chi connectivity index (χ0) is 24.9. The number of hydrogen-bond donors (Lipinski definition) is 2. The van der Waals surface area contributed by atoms with Crippen molar-refractivity contribution in [2.75, 3.05) is 6.54 Å². The summed E-state index contributed by atoms with van der Waals surface area (Å²) in [5.74, 6) is -0.905. The van der Waals surface area contributed by atoms with Crippen LogP contribution in [0.1, 0.15) is 25.7 Å². The fourth-order valence-electron chi connectivity index (χ4n) is 3.64. The third kappa shape index (κ3) is 6.80. The second kappa shape index (κ2) is 11.2. The number of sulfonamides is 2. The van der Waals surface area contributed by atoms with E-state index in [9.17, 15) is 21.6 Å². The molecular formula is C22H24Cl2N2O6S2. The van der Waals surface area contributed by atoms with E-state index in [2.05, 4.69) is 4.72 Å². The molecule has 0 saturated carbocycles. The van der Waals surface area contributed by atoms with Gasteiger partial charge in [-0.2, -0.15) is 4.31 Å². The van der Waals surface area contributed by atoms with Gasteiger partial charge in [-0.05, 0) is 67.8 Å². The van der Waals surface area contributed by atoms with E-state index in [4.69, 9.17) is 28.3 Å². The van der Waals surface area contributed by atoms with E-state index in [0.29, 0.717) is 22.9 Å². The van der Waals surface area contributed by atoms with Crippen LogP contribution in [-0.4, -0.2) is 50.8 Å². The lowest BCUT2D eigenvalue weighted by atomic mass is 10.1. The van der Waals surface area contributed by atoms with Gasteiger partial charge in [0.25, 0.3) is 0 Å². The van der Waals surface area contributed by atoms with Crippen molar-refractivity contribution in [1.82, 2.24) is 9.03 Å². The van der Waals surface area contributed by atoms with Gasteiger partial charge in [0.2, 0.25) is 20.0 Å². The molecule has 184 valence electrons. The Kier molecular flexibility index (Phi) is 8.77. The highest BCUT2D eigenvalue weighted by Crippen LogP contribution is 2.29. The summed E-state index contributed by atoms with van der Waals surface area (Å²) < 4.78 is 56.1. The highest BCUT2D eigenvalue weighted by Gasteiger charge is 2.40. The van der Waals surface area contributed by atoms with Gasteiger partial charge < -0.3 is 5.11 Å². The van der Waals surface area contributed by atoms with Crippen LogP contribution in [-0.2, 0) is 24.8 Å². The topological polar surface area (TPSA) is 121 Å². The van der Waals surface area contributed by atoms with Crippen molar-refractivity contribution in [3.8, 4) is 0 Å². The number of nitrogens with one attached hydrogen (secondary N) is 1. The molecule has 1 aliphatic heterocycles. The molecule has 2 N–H and O–H groups in total. The molecule has 0 aliphatic carbocycles. The van der Waals surface area contributed by atoms with Crippen LogP contribution < -0.4 is 4.72 Å². The van der Waals surface area contributed by atoms with E-state index < -0.39 is 38.1 Å². The molecule has 0 radical (unpaired) electrons. The van der Waals surface area contributed by atoms with Crippen LogP contribution in [0.2, 0.25) is 10.0 Å². The van der Waals surface area contributed by atoms with Crippen molar-refractivity contribution in [3.63, 3.8) is 0 Å². The van der Waals surface area contributed by atoms with Gasteiger partial charge in [-0.25, -0.2) is 21.6 Å². The first-order valence-electron chi connectivity index (χ1n) is 10.4. The summed E-state index contributed by atoms with van der Waals surface area (Å²) in [6.45, 7) is -0.0675. The van der Waals surface area contributed by atoms with Gasteiger partial charge in [0.15, 0.2) is 0 Å². The highest BCUT2D eigenvalue weighted by atomic mass is 35.5. The van der Waals surface area contributed by atoms with E-state index in [1.165, 1.54) is 52.8 Å². The number of allylic oxidation sites excluding steroid dienone is 1. The van der Waals surface area contributed by atoms with Crippen LogP contribution in [0.3, 0.4) is 0 Å². The van der Waals surface area contributed by atoms with Crippen molar-refractivity contribution in [2.24, 2.45) is 0 Å². The second-order valence-electron chi connectivity index (χ2n) is 7.82. The largest absolute Gasteiger partial charge is 0.481 e. The van der Waals surface area contributed by atoms with Crippen LogP contribution in [0.5, 0.6) is 0 Å². The Hall–Kier alpha value is -1.95. The SMILES string of the molecule is O=C(O)CCC/C=C\C1CC(NS(=O)(=O)c2ccc(Cl)cc2)CN1S(=O)(=O)c1ccc(Cl)cc1. The molecule has 34 heavy (non-hydrogen) atoms. The Morgan fingerprint density at radius 3 is 2.12 bits per heavy atom. The Bertz CT molecular complexity index is 1250. The first-order valence-corrected chi connectivity index (χ1v) is 14.1. The molecule has 8 nitrogen and oxygen atoms in total. The minimum absolute atomic E-state index is 0.00527. The monoisotopic (exact) mass is 546 g/mol. The van der Waals surface area contributed by atoms with Crippen molar-refractivity contribution >= 4 is 49.2 Å². The maximum atomic E-state index is 13.3. The number of aliphatic carboxylic acids is 1. The standard InChI is InChI=1S/C22H24Cl2N2O6S2/c23-16-6-10-20(11-7-16)33(29,30)25-18-14-19(4-2-1-3-5-22(27)28)26(15-18)34(31,32)21-12-8-17(24)9-13-21/h2,4,6-13,18-19,25H,1,3,5,14-15H2,(H,27,28)/b4-2-. The zero-order valence-electron chi connectivity index (χ0n) is 18.0. The van der Waals surface area contributed by atoms with Crippen molar-refractivity contribution in [3.05, 3.63) is 70.7 Å². The molecule has 0 bridgehead atoms. The highest BCUT2D eigenvalue weighted by molar-refractivity contribution is 7.89. The van der Waals surface area contributed by atoms with Crippen LogP contribution in [0, 0.1) is 0 Å². The number of carboxylic acids is 1. The Morgan fingerprint density at radius 2 is 1.56 bits per heavy atom. The Labute approximate surface area is 209 Å². The summed E-state index contributed by atoms with van der Waals surface area (Å²) in [6.07, 6.45) is 4.51. The number of rotatable bonds is 10. The Morgan fingerprint density at radius 1 is 1.00 bits per heavy atom. The van der Waals surface area contributed by atoms with Gasteiger partial charge in [0, 0.05) is 35.1 Å². The van der Waals surface area contributed by atoms with Crippen molar-refractivity contribution in [2.45, 2.75) is 47.6 Å². The van der Waals surface area contributed by atoms with E-state index in [-0.39, 0.29) is 29.2 Å². The molecule has 2 aromatic rings. The van der Waals surface area contributed by atoms with Crippen LogP contribution in [0.15, 0.2) is 70.5 Å². The fourth-order valence-corrected chi connectivity index (χ4v) is 6.77. The average molecular weight is 547 g/mol. The minimum atomic E-state index is -3.94. The summed E-state index contributed by atoms with van der Waals surface area (Å²) in [6, 6.07) is 10.1. The summed E-state index contributed by atoms with van der Waals surface area (Å²) in [4.78, 5) is 10.8. The lowest BCUT2D eigenvalue weighted by molar-refractivity contribution is -0.137. The number of halogens is 2. The molecule has 1 saturated heterocycles. The maximum Gasteiger partial charge on any atom is 0.303 e. The molecule has 1 aliphatic rings. The molecule has 1 fully saturated rings. The fraction of sp³-hybridized carbons (Fsp3) is 0.318. The maximum absolute atomic E-state index is 13.3. The Balaban J connectivity index is 1.82. The minimum Gasteiger partial charge on any atom is -0.481 e. The van der Waals surface area contributed by atoms with Gasteiger partial charge in [0.05, 0.1) is 9.79 Å². The number of hydrogen-bond acceptors (Lipinski definition) is 5. The molecule has 2 unspecified atom stereocenters. The summed E-state index contributed by atoms with van der Waals surface area (Å²) in [5, 5.41) is 9.57. The van der Waals surface area contributed by atoms with Gasteiger partial charge in [-0.3, -0.25) is 4.79 Å². The predicted molar refractivity (Wildman–Crippen MR) is 130 cm³/mol. The van der Waals surface area contributed by atoms with E-state index in [1.807, 2.05) is 0 Å². The quantitative estimate of drug-likeness (QED) is 0.344. The normalized spacial score (nSPS) is 19.6. The number of nitrogens with zero attached hydrogens (tertiary/aromatic N) is 1. The molecule has 2 aromatic carbocycles. The van der Waals surface area contributed by atoms with Crippen LogP contribution in [0.25, 0.3) is 0 Å². The molecule has 3 rings (SSSR count). The van der Waals surface area contributed by atoms with Gasteiger partial charge in [-0.1, -0.05) is 35.4 Å². The van der Waals surface area contributed by atoms with Gasteiger partial charge in [-0.15, -0.1) is 0 Å². The number of carbonyl (C=O) groups is 1. The second-order valence-corrected chi connectivity index (χ2v) is 12.3. The molecule has 1 heterocycles. The number of benzene rings is 2. The lowest BCUT2D eigenvalue weighted by Crippen LogP contribution is -2.39. The van der Waals surface area contributed by atoms with E-state index in [1.54, 1.807) is 12.2 Å². The van der Waals surface area contributed by atoms with E-state index >= 15 is 0 Å². The average Bonchev–Trinajstić information content (AvgIpc) is 3.16.